The van der Waals surface area contributed by atoms with Crippen LogP contribution >= 0.6 is 0 Å². The van der Waals surface area contributed by atoms with Crippen LogP contribution in [0, 0.1) is 0 Å². The fourth-order valence-electron chi connectivity index (χ4n) is 2.31. The van der Waals surface area contributed by atoms with Gasteiger partial charge in [-0.2, -0.15) is 10.1 Å². The van der Waals surface area contributed by atoms with E-state index in [2.05, 4.69) is 25.5 Å². The Kier molecular flexibility index (Phi) is 3.47. The van der Waals surface area contributed by atoms with Crippen molar-refractivity contribution in [1.82, 2.24) is 30.1 Å². The minimum Gasteiger partial charge on any atom is -0.348 e. The monoisotopic (exact) mass is 320 g/mol. The summed E-state index contributed by atoms with van der Waals surface area (Å²) in [6, 6.07) is 11.0. The number of carbonyl (C=O) groups excluding carboxylic acids is 1. The van der Waals surface area contributed by atoms with Gasteiger partial charge in [-0.15, -0.1) is 0 Å². The van der Waals surface area contributed by atoms with Crippen LogP contribution in [0.25, 0.3) is 17.0 Å². The Morgan fingerprint density at radius 2 is 2.04 bits per heavy atom. The van der Waals surface area contributed by atoms with Crippen LogP contribution in [0.5, 0.6) is 0 Å². The second-order valence-electron chi connectivity index (χ2n) is 5.11. The predicted octanol–water partition coefficient (Wildman–Crippen LogP) is 1.71. The molecule has 0 aliphatic heterocycles. The van der Waals surface area contributed by atoms with E-state index in [0.29, 0.717) is 23.6 Å². The van der Waals surface area contributed by atoms with Gasteiger partial charge in [0.05, 0.1) is 0 Å². The molecule has 24 heavy (non-hydrogen) atoms. The molecule has 1 aromatic carbocycles. The minimum absolute atomic E-state index is 0.164. The van der Waals surface area contributed by atoms with E-state index >= 15 is 0 Å². The Hall–Kier alpha value is -3.55. The third kappa shape index (κ3) is 2.72. The first-order valence-electron chi connectivity index (χ1n) is 7.23. The van der Waals surface area contributed by atoms with Crippen LogP contribution in [0.1, 0.15) is 15.9 Å². The Morgan fingerprint density at radius 1 is 1.17 bits per heavy atom. The van der Waals surface area contributed by atoms with E-state index in [4.69, 9.17) is 4.52 Å². The summed E-state index contributed by atoms with van der Waals surface area (Å²) < 4.78 is 6.33. The summed E-state index contributed by atoms with van der Waals surface area (Å²) in [5.74, 6) is 0.370. The number of amides is 1. The van der Waals surface area contributed by atoms with Crippen LogP contribution in [0.2, 0.25) is 0 Å². The first-order chi connectivity index (χ1) is 11.8. The van der Waals surface area contributed by atoms with Crippen LogP contribution in [0.15, 0.2) is 59.8 Å². The molecule has 0 aliphatic rings. The topological polar surface area (TPSA) is 98.2 Å². The highest BCUT2D eigenvalue weighted by Gasteiger charge is 2.08. The molecule has 0 saturated carbocycles. The molecule has 0 radical (unpaired) electrons. The molecule has 0 unspecified atom stereocenters. The summed E-state index contributed by atoms with van der Waals surface area (Å²) in [6.45, 7) is 0.420. The van der Waals surface area contributed by atoms with Gasteiger partial charge in [0, 0.05) is 23.9 Å². The molecule has 0 atom stereocenters. The average Bonchev–Trinajstić information content (AvgIpc) is 3.30. The van der Waals surface area contributed by atoms with Gasteiger partial charge in [-0.3, -0.25) is 4.79 Å². The van der Waals surface area contributed by atoms with E-state index in [1.54, 1.807) is 22.8 Å². The van der Waals surface area contributed by atoms with E-state index in [1.165, 1.54) is 12.7 Å². The van der Waals surface area contributed by atoms with Crippen molar-refractivity contribution in [3.63, 3.8) is 0 Å². The van der Waals surface area contributed by atoms with Crippen LogP contribution in [0.4, 0.5) is 0 Å². The van der Waals surface area contributed by atoms with Crippen molar-refractivity contribution in [3.05, 3.63) is 66.4 Å². The summed E-state index contributed by atoms with van der Waals surface area (Å²) in [7, 11) is 0. The molecule has 0 bridgehead atoms. The number of nitrogens with one attached hydrogen (secondary N) is 1. The number of aromatic nitrogens is 5. The highest BCUT2D eigenvalue weighted by molar-refractivity contribution is 5.94. The molecule has 4 rings (SSSR count). The lowest BCUT2D eigenvalue weighted by Gasteiger charge is -2.06. The third-order valence-corrected chi connectivity index (χ3v) is 3.57. The average molecular weight is 320 g/mol. The Balaban J connectivity index is 1.43. The van der Waals surface area contributed by atoms with Crippen LogP contribution < -0.4 is 5.32 Å². The third-order valence-electron chi connectivity index (χ3n) is 3.57. The number of hydrogen-bond donors (Lipinski definition) is 1. The highest BCUT2D eigenvalue weighted by Crippen LogP contribution is 2.15. The number of nitrogens with zero attached hydrogens (tertiary/aromatic N) is 5. The number of rotatable bonds is 4. The quantitative estimate of drug-likeness (QED) is 0.614. The lowest BCUT2D eigenvalue weighted by molar-refractivity contribution is 0.0951. The first-order valence-corrected chi connectivity index (χ1v) is 7.23. The van der Waals surface area contributed by atoms with Gasteiger partial charge in [0.2, 0.25) is 12.2 Å². The maximum Gasteiger partial charge on any atom is 0.251 e. The zero-order chi connectivity index (χ0) is 16.4. The number of benzene rings is 1. The maximum absolute atomic E-state index is 12.2. The van der Waals surface area contributed by atoms with Gasteiger partial charge in [0.25, 0.3) is 5.91 Å². The fourth-order valence-corrected chi connectivity index (χ4v) is 2.31. The molecule has 8 heteroatoms. The molecule has 3 aromatic heterocycles. The molecule has 0 fully saturated rings. The number of carbonyl (C=O) groups is 1. The van der Waals surface area contributed by atoms with E-state index in [-0.39, 0.29) is 5.91 Å². The first kappa shape index (κ1) is 14.1. The Labute approximate surface area is 136 Å². The van der Waals surface area contributed by atoms with Gasteiger partial charge >= 0.3 is 0 Å². The zero-order valence-electron chi connectivity index (χ0n) is 12.5. The van der Waals surface area contributed by atoms with E-state index in [9.17, 15) is 4.79 Å². The lowest BCUT2D eigenvalue weighted by atomic mass is 10.1. The SMILES string of the molecule is O=C(NCc1ccc(-c2ncon2)cc1)c1ccn2ncnc2c1. The lowest BCUT2D eigenvalue weighted by Crippen LogP contribution is -2.22. The smallest absolute Gasteiger partial charge is 0.251 e. The van der Waals surface area contributed by atoms with Crippen LogP contribution in [0.3, 0.4) is 0 Å². The Morgan fingerprint density at radius 3 is 2.83 bits per heavy atom. The number of pyridine rings is 1. The van der Waals surface area contributed by atoms with Gasteiger partial charge in [-0.1, -0.05) is 29.4 Å². The summed E-state index contributed by atoms with van der Waals surface area (Å²) in [4.78, 5) is 20.3. The molecule has 0 aliphatic carbocycles. The highest BCUT2D eigenvalue weighted by atomic mass is 16.5. The van der Waals surface area contributed by atoms with E-state index in [1.807, 2.05) is 24.3 Å². The molecular formula is C16H12N6O2. The van der Waals surface area contributed by atoms with Crippen molar-refractivity contribution in [2.75, 3.05) is 0 Å². The second kappa shape index (κ2) is 5.92. The van der Waals surface area contributed by atoms with Crippen molar-refractivity contribution in [3.8, 4) is 11.4 Å². The summed E-state index contributed by atoms with van der Waals surface area (Å²) in [6.07, 6.45) is 4.44. The molecule has 0 spiro atoms. The normalized spacial score (nSPS) is 10.8. The van der Waals surface area contributed by atoms with Gasteiger partial charge in [0.1, 0.15) is 6.33 Å². The van der Waals surface area contributed by atoms with E-state index in [0.717, 1.165) is 11.1 Å². The molecule has 0 saturated heterocycles. The van der Waals surface area contributed by atoms with Crippen molar-refractivity contribution < 1.29 is 9.32 Å². The largest absolute Gasteiger partial charge is 0.348 e. The fraction of sp³-hybridized carbons (Fsp3) is 0.0625. The van der Waals surface area contributed by atoms with Gasteiger partial charge in [-0.25, -0.2) is 9.50 Å². The van der Waals surface area contributed by atoms with Crippen molar-refractivity contribution in [2.45, 2.75) is 6.54 Å². The molecule has 1 N–H and O–H groups in total. The van der Waals surface area contributed by atoms with Crippen molar-refractivity contribution in [1.29, 1.82) is 0 Å². The Bertz CT molecular complexity index is 975. The molecule has 8 nitrogen and oxygen atoms in total. The minimum atomic E-state index is -0.164. The molecular weight excluding hydrogens is 308 g/mol. The molecule has 3 heterocycles. The van der Waals surface area contributed by atoms with Crippen LogP contribution in [-0.4, -0.2) is 30.6 Å². The van der Waals surface area contributed by atoms with Gasteiger partial charge < -0.3 is 9.84 Å². The molecule has 4 aromatic rings. The summed E-state index contributed by atoms with van der Waals surface area (Å²) in [5.41, 5.74) is 3.00. The van der Waals surface area contributed by atoms with Gasteiger partial charge in [0.15, 0.2) is 5.65 Å². The van der Waals surface area contributed by atoms with Gasteiger partial charge in [-0.05, 0) is 17.7 Å². The summed E-state index contributed by atoms with van der Waals surface area (Å²) >= 11 is 0. The van der Waals surface area contributed by atoms with Crippen LogP contribution in [-0.2, 0) is 6.54 Å². The maximum atomic E-state index is 12.2. The number of hydrogen-bond acceptors (Lipinski definition) is 6. The van der Waals surface area contributed by atoms with E-state index < -0.39 is 0 Å². The summed E-state index contributed by atoms with van der Waals surface area (Å²) in [5, 5.41) is 10.7. The number of fused-ring (bicyclic) bond motifs is 1. The van der Waals surface area contributed by atoms with Crippen molar-refractivity contribution >= 4 is 11.6 Å². The second-order valence-corrected chi connectivity index (χ2v) is 5.11. The standard InChI is InChI=1S/C16H12N6O2/c23-16(13-5-6-22-14(7-13)18-9-20-22)17-8-11-1-3-12(4-2-11)15-19-10-24-21-15/h1-7,9-10H,8H2,(H,17,23). The predicted molar refractivity (Wildman–Crippen MR) is 83.9 cm³/mol. The van der Waals surface area contributed by atoms with Crippen molar-refractivity contribution in [2.24, 2.45) is 0 Å². The molecule has 1 amide bonds. The zero-order valence-corrected chi connectivity index (χ0v) is 12.5. The molecule has 118 valence electrons.